The first-order valence-corrected chi connectivity index (χ1v) is 7.01. The molecular weight excluding hydrogens is 225 g/mol. The Hall–Kier alpha value is -0.890. The Morgan fingerprint density at radius 1 is 1.39 bits per heavy atom. The Morgan fingerprint density at radius 2 is 2.11 bits per heavy atom. The van der Waals surface area contributed by atoms with Gasteiger partial charge in [-0.05, 0) is 67.3 Å². The summed E-state index contributed by atoms with van der Waals surface area (Å²) >= 11 is 0. The second-order valence-corrected chi connectivity index (χ2v) is 5.96. The Bertz CT molecular complexity index is 412. The number of hydrogen-bond acceptors (Lipinski definition) is 1. The lowest BCUT2D eigenvalue weighted by atomic mass is 9.78. The van der Waals surface area contributed by atoms with Gasteiger partial charge in [0.2, 0.25) is 0 Å². The van der Waals surface area contributed by atoms with Crippen molar-refractivity contribution in [3.05, 3.63) is 35.1 Å². The number of halogens is 1. The van der Waals surface area contributed by atoms with E-state index in [0.29, 0.717) is 5.41 Å². The topological polar surface area (TPSA) is 12.0 Å². The van der Waals surface area contributed by atoms with E-state index in [1.165, 1.54) is 18.4 Å². The average Bonchev–Trinajstić information content (AvgIpc) is 3.15. The summed E-state index contributed by atoms with van der Waals surface area (Å²) in [7, 11) is 0. The van der Waals surface area contributed by atoms with Crippen molar-refractivity contribution >= 4 is 0 Å². The number of aryl methyl sites for hydroxylation is 1. The third-order valence-electron chi connectivity index (χ3n) is 4.24. The molecule has 0 heterocycles. The van der Waals surface area contributed by atoms with Crippen LogP contribution in [0.15, 0.2) is 18.2 Å². The van der Waals surface area contributed by atoms with Crippen molar-refractivity contribution in [2.75, 3.05) is 13.1 Å². The molecule has 1 atom stereocenters. The fourth-order valence-corrected chi connectivity index (χ4v) is 2.83. The van der Waals surface area contributed by atoms with Crippen LogP contribution in [0.2, 0.25) is 0 Å². The number of rotatable bonds is 6. The summed E-state index contributed by atoms with van der Waals surface area (Å²) in [6.07, 6.45) is 3.75. The summed E-state index contributed by atoms with van der Waals surface area (Å²) in [4.78, 5) is 0. The maximum Gasteiger partial charge on any atom is 0.123 e. The molecule has 0 aromatic heterocycles. The molecule has 2 heteroatoms. The van der Waals surface area contributed by atoms with Gasteiger partial charge in [-0.1, -0.05) is 19.9 Å². The van der Waals surface area contributed by atoms with Gasteiger partial charge in [0.05, 0.1) is 0 Å². The minimum absolute atomic E-state index is 0.129. The minimum Gasteiger partial charge on any atom is -0.316 e. The van der Waals surface area contributed by atoms with E-state index < -0.39 is 0 Å². The van der Waals surface area contributed by atoms with Crippen LogP contribution in [0.3, 0.4) is 0 Å². The highest BCUT2D eigenvalue weighted by Crippen LogP contribution is 2.47. The molecule has 1 saturated carbocycles. The monoisotopic (exact) mass is 249 g/mol. The lowest BCUT2D eigenvalue weighted by molar-refractivity contribution is 0.257. The average molecular weight is 249 g/mol. The van der Waals surface area contributed by atoms with Crippen LogP contribution in [0.5, 0.6) is 0 Å². The zero-order valence-electron chi connectivity index (χ0n) is 11.7. The summed E-state index contributed by atoms with van der Waals surface area (Å²) in [5.74, 6) is 0.706. The third-order valence-corrected chi connectivity index (χ3v) is 4.24. The number of benzene rings is 1. The van der Waals surface area contributed by atoms with Crippen LogP contribution in [0.25, 0.3) is 0 Å². The Morgan fingerprint density at radius 3 is 2.67 bits per heavy atom. The predicted octanol–water partition coefficient (Wildman–Crippen LogP) is 3.70. The highest BCUT2D eigenvalue weighted by Gasteiger charge is 2.41. The predicted molar refractivity (Wildman–Crippen MR) is 74.2 cm³/mol. The van der Waals surface area contributed by atoms with Crippen molar-refractivity contribution in [2.24, 2.45) is 11.3 Å². The van der Waals surface area contributed by atoms with E-state index in [4.69, 9.17) is 0 Å². The van der Waals surface area contributed by atoms with Crippen molar-refractivity contribution in [1.29, 1.82) is 0 Å². The van der Waals surface area contributed by atoms with Crippen molar-refractivity contribution in [1.82, 2.24) is 5.32 Å². The summed E-state index contributed by atoms with van der Waals surface area (Å²) in [5, 5.41) is 3.49. The molecule has 1 aliphatic rings. The summed E-state index contributed by atoms with van der Waals surface area (Å²) in [5.41, 5.74) is 2.69. The molecule has 1 aliphatic carbocycles. The summed E-state index contributed by atoms with van der Waals surface area (Å²) in [6, 6.07) is 5.19. The smallest absolute Gasteiger partial charge is 0.123 e. The molecule has 1 unspecified atom stereocenters. The fraction of sp³-hybridized carbons (Fsp3) is 0.625. The van der Waals surface area contributed by atoms with Crippen LogP contribution in [-0.4, -0.2) is 13.1 Å². The normalized spacial score (nSPS) is 18.7. The molecule has 2 rings (SSSR count). The fourth-order valence-electron chi connectivity index (χ4n) is 2.83. The lowest BCUT2D eigenvalue weighted by Gasteiger charge is -2.31. The van der Waals surface area contributed by atoms with Crippen molar-refractivity contribution < 1.29 is 4.39 Å². The third kappa shape index (κ3) is 3.11. The van der Waals surface area contributed by atoms with Crippen LogP contribution in [-0.2, 0) is 6.42 Å². The molecule has 0 saturated heterocycles. The quantitative estimate of drug-likeness (QED) is 0.810. The largest absolute Gasteiger partial charge is 0.316 e. The van der Waals surface area contributed by atoms with E-state index in [-0.39, 0.29) is 5.82 Å². The molecule has 100 valence electrons. The molecule has 18 heavy (non-hydrogen) atoms. The molecule has 1 aromatic carbocycles. The van der Waals surface area contributed by atoms with Gasteiger partial charge in [-0.15, -0.1) is 0 Å². The van der Waals surface area contributed by atoms with Crippen LogP contribution in [0.1, 0.15) is 37.8 Å². The first kappa shape index (κ1) is 13.5. The van der Waals surface area contributed by atoms with Gasteiger partial charge < -0.3 is 5.32 Å². The van der Waals surface area contributed by atoms with E-state index >= 15 is 0 Å². The molecule has 1 fully saturated rings. The second kappa shape index (κ2) is 5.40. The van der Waals surface area contributed by atoms with Gasteiger partial charge in [-0.2, -0.15) is 0 Å². The zero-order valence-corrected chi connectivity index (χ0v) is 11.7. The molecule has 1 N–H and O–H groups in total. The Balaban J connectivity index is 2.12. The number of nitrogens with one attached hydrogen (secondary N) is 1. The number of hydrogen-bond donors (Lipinski definition) is 1. The second-order valence-electron chi connectivity index (χ2n) is 5.96. The van der Waals surface area contributed by atoms with Crippen molar-refractivity contribution in [3.63, 3.8) is 0 Å². The highest BCUT2D eigenvalue weighted by atomic mass is 19.1. The minimum atomic E-state index is -0.129. The molecule has 1 aromatic rings. The molecular formula is C16H24FN. The van der Waals surface area contributed by atoms with Gasteiger partial charge in [0.1, 0.15) is 5.82 Å². The van der Waals surface area contributed by atoms with Gasteiger partial charge in [0, 0.05) is 6.54 Å². The molecule has 0 radical (unpaired) electrons. The van der Waals surface area contributed by atoms with Crippen LogP contribution in [0.4, 0.5) is 4.39 Å². The van der Waals surface area contributed by atoms with E-state index in [1.807, 2.05) is 13.0 Å². The lowest BCUT2D eigenvalue weighted by Crippen LogP contribution is -2.35. The first-order chi connectivity index (χ1) is 8.55. The van der Waals surface area contributed by atoms with Crippen LogP contribution in [0, 0.1) is 24.1 Å². The van der Waals surface area contributed by atoms with E-state index in [2.05, 4.69) is 19.2 Å². The van der Waals surface area contributed by atoms with Gasteiger partial charge in [-0.25, -0.2) is 4.39 Å². The Kier molecular flexibility index (Phi) is 4.06. The maximum absolute atomic E-state index is 13.1. The SMILES string of the molecule is CCNCC(C)(Cc1ccc(F)cc1C)C1CC1. The van der Waals surface area contributed by atoms with Crippen molar-refractivity contribution in [2.45, 2.75) is 40.0 Å². The standard InChI is InChI=1S/C16H24FN/c1-4-18-11-16(3,14-6-7-14)10-13-5-8-15(17)9-12(13)2/h5,8-9,14,18H,4,6-7,10-11H2,1-3H3. The molecule has 0 amide bonds. The van der Waals surface area contributed by atoms with Gasteiger partial charge >= 0.3 is 0 Å². The van der Waals surface area contributed by atoms with E-state index in [0.717, 1.165) is 31.0 Å². The molecule has 0 aliphatic heterocycles. The maximum atomic E-state index is 13.1. The van der Waals surface area contributed by atoms with Gasteiger partial charge in [0.25, 0.3) is 0 Å². The molecule has 0 spiro atoms. The van der Waals surface area contributed by atoms with E-state index in [9.17, 15) is 4.39 Å². The molecule has 0 bridgehead atoms. The van der Waals surface area contributed by atoms with E-state index in [1.54, 1.807) is 12.1 Å². The first-order valence-electron chi connectivity index (χ1n) is 7.01. The Labute approximate surface area is 110 Å². The zero-order chi connectivity index (χ0) is 13.2. The molecule has 1 nitrogen and oxygen atoms in total. The van der Waals surface area contributed by atoms with Gasteiger partial charge in [0.15, 0.2) is 0 Å². The van der Waals surface area contributed by atoms with Crippen LogP contribution < -0.4 is 5.32 Å². The van der Waals surface area contributed by atoms with Crippen LogP contribution >= 0.6 is 0 Å². The summed E-state index contributed by atoms with van der Waals surface area (Å²) in [6.45, 7) is 8.61. The van der Waals surface area contributed by atoms with Crippen molar-refractivity contribution in [3.8, 4) is 0 Å². The highest BCUT2D eigenvalue weighted by molar-refractivity contribution is 5.28. The summed E-state index contributed by atoms with van der Waals surface area (Å²) < 4.78 is 13.1. The van der Waals surface area contributed by atoms with Gasteiger partial charge in [-0.3, -0.25) is 0 Å².